The van der Waals surface area contributed by atoms with Gasteiger partial charge in [-0.15, -0.1) is 10.2 Å². The number of ether oxygens (including phenoxy) is 1. The number of sulfone groups is 1. The van der Waals surface area contributed by atoms with E-state index in [9.17, 15) is 13.2 Å². The van der Waals surface area contributed by atoms with Crippen molar-refractivity contribution in [3.05, 3.63) is 0 Å². The second kappa shape index (κ2) is 8.19. The van der Waals surface area contributed by atoms with E-state index in [4.69, 9.17) is 4.74 Å². The van der Waals surface area contributed by atoms with Crippen LogP contribution in [-0.4, -0.2) is 89.6 Å². The molecule has 11 heteroatoms. The SMILES string of the molecule is CCn1c(SCC(=O)N(C2CC2)[C@H]2CCS(=O)(=O)C2)nnc1N1CCOCC1. The van der Waals surface area contributed by atoms with Gasteiger partial charge < -0.3 is 14.5 Å². The number of morpholine rings is 1. The molecule has 1 saturated carbocycles. The Labute approximate surface area is 169 Å². The van der Waals surface area contributed by atoms with Gasteiger partial charge in [-0.3, -0.25) is 9.36 Å². The van der Waals surface area contributed by atoms with Crippen LogP contribution in [-0.2, 0) is 25.9 Å². The minimum absolute atomic E-state index is 0.00757. The Bertz CT molecular complexity index is 818. The molecule has 3 heterocycles. The van der Waals surface area contributed by atoms with Gasteiger partial charge >= 0.3 is 0 Å². The van der Waals surface area contributed by atoms with Gasteiger partial charge in [0.25, 0.3) is 0 Å². The third kappa shape index (κ3) is 4.30. The minimum atomic E-state index is -3.01. The van der Waals surface area contributed by atoms with Crippen LogP contribution < -0.4 is 4.90 Å². The van der Waals surface area contributed by atoms with Crippen molar-refractivity contribution in [2.75, 3.05) is 48.5 Å². The Kier molecular flexibility index (Phi) is 5.84. The zero-order valence-corrected chi connectivity index (χ0v) is 17.8. The average molecular weight is 430 g/mol. The summed E-state index contributed by atoms with van der Waals surface area (Å²) in [6.07, 6.45) is 2.50. The van der Waals surface area contributed by atoms with Crippen LogP contribution >= 0.6 is 11.8 Å². The number of anilines is 1. The molecular formula is C17H27N5O4S2. The molecule has 1 aromatic heterocycles. The Morgan fingerprint density at radius 2 is 1.96 bits per heavy atom. The third-order valence-electron chi connectivity index (χ3n) is 5.46. The lowest BCUT2D eigenvalue weighted by Gasteiger charge is -2.28. The lowest BCUT2D eigenvalue weighted by atomic mass is 10.2. The molecule has 0 spiro atoms. The number of rotatable bonds is 7. The molecule has 0 radical (unpaired) electrons. The molecule has 1 atom stereocenters. The highest BCUT2D eigenvalue weighted by atomic mass is 32.2. The van der Waals surface area contributed by atoms with Crippen LogP contribution in [0.1, 0.15) is 26.2 Å². The summed E-state index contributed by atoms with van der Waals surface area (Å²) in [5.41, 5.74) is 0. The lowest BCUT2D eigenvalue weighted by Crippen LogP contribution is -2.43. The molecule has 3 aliphatic rings. The van der Waals surface area contributed by atoms with Crippen LogP contribution in [0.25, 0.3) is 0 Å². The van der Waals surface area contributed by atoms with Crippen molar-refractivity contribution in [1.82, 2.24) is 19.7 Å². The molecule has 1 amide bonds. The highest BCUT2D eigenvalue weighted by Gasteiger charge is 2.42. The quantitative estimate of drug-likeness (QED) is 0.575. The van der Waals surface area contributed by atoms with Crippen molar-refractivity contribution >= 4 is 33.5 Å². The summed E-state index contributed by atoms with van der Waals surface area (Å²) in [7, 11) is -3.01. The number of carbonyl (C=O) groups excluding carboxylic acids is 1. The summed E-state index contributed by atoms with van der Waals surface area (Å²) in [4.78, 5) is 16.9. The van der Waals surface area contributed by atoms with E-state index in [0.717, 1.165) is 43.6 Å². The standard InChI is InChI=1S/C17H27N5O4S2/c1-2-21-16(20-6-8-26-9-7-20)18-19-17(21)27-11-15(23)22(13-3-4-13)14-5-10-28(24,25)12-14/h13-14H,2-12H2,1H3/t14-/m0/s1. The normalized spacial score (nSPS) is 24.5. The van der Waals surface area contributed by atoms with Crippen LogP contribution in [0.4, 0.5) is 5.95 Å². The lowest BCUT2D eigenvalue weighted by molar-refractivity contribution is -0.130. The number of nitrogens with zero attached hydrogens (tertiary/aromatic N) is 5. The molecule has 9 nitrogen and oxygen atoms in total. The molecule has 3 fully saturated rings. The highest BCUT2D eigenvalue weighted by molar-refractivity contribution is 7.99. The molecule has 156 valence electrons. The van der Waals surface area contributed by atoms with Crippen molar-refractivity contribution in [2.24, 2.45) is 0 Å². The maximum absolute atomic E-state index is 12.9. The first-order valence-corrected chi connectivity index (χ1v) is 12.7. The van der Waals surface area contributed by atoms with Gasteiger partial charge in [-0.1, -0.05) is 11.8 Å². The molecular weight excluding hydrogens is 402 g/mol. The van der Waals surface area contributed by atoms with E-state index in [2.05, 4.69) is 15.1 Å². The molecule has 0 aromatic carbocycles. The van der Waals surface area contributed by atoms with E-state index in [0.29, 0.717) is 19.6 Å². The summed E-state index contributed by atoms with van der Waals surface area (Å²) in [5.74, 6) is 1.38. The predicted molar refractivity (Wildman–Crippen MR) is 106 cm³/mol. The Balaban J connectivity index is 1.42. The smallest absolute Gasteiger partial charge is 0.233 e. The van der Waals surface area contributed by atoms with E-state index in [1.54, 1.807) is 0 Å². The van der Waals surface area contributed by atoms with Gasteiger partial charge in [0, 0.05) is 31.7 Å². The van der Waals surface area contributed by atoms with Gasteiger partial charge in [0.2, 0.25) is 11.9 Å². The summed E-state index contributed by atoms with van der Waals surface area (Å²) < 4.78 is 31.1. The second-order valence-corrected chi connectivity index (χ2v) is 10.7. The molecule has 1 aromatic rings. The molecule has 2 saturated heterocycles. The number of thioether (sulfide) groups is 1. The summed E-state index contributed by atoms with van der Waals surface area (Å²) in [6.45, 7) is 5.69. The maximum atomic E-state index is 12.9. The van der Waals surface area contributed by atoms with E-state index in [1.807, 2.05) is 16.4 Å². The monoisotopic (exact) mass is 429 g/mol. The Hall–Kier alpha value is -1.33. The summed E-state index contributed by atoms with van der Waals surface area (Å²) in [5, 5.41) is 9.37. The van der Waals surface area contributed by atoms with Crippen molar-refractivity contribution in [3.63, 3.8) is 0 Å². The van der Waals surface area contributed by atoms with Gasteiger partial charge in [0.1, 0.15) is 0 Å². The zero-order chi connectivity index (χ0) is 19.7. The Morgan fingerprint density at radius 1 is 1.21 bits per heavy atom. The average Bonchev–Trinajstić information content (AvgIpc) is 3.32. The fraction of sp³-hybridized carbons (Fsp3) is 0.824. The highest BCUT2D eigenvalue weighted by Crippen LogP contribution is 2.33. The van der Waals surface area contributed by atoms with Gasteiger partial charge in [-0.05, 0) is 26.2 Å². The van der Waals surface area contributed by atoms with Gasteiger partial charge in [-0.25, -0.2) is 8.42 Å². The first-order chi connectivity index (χ1) is 13.5. The molecule has 28 heavy (non-hydrogen) atoms. The van der Waals surface area contributed by atoms with E-state index in [1.165, 1.54) is 11.8 Å². The number of hydrogen-bond donors (Lipinski definition) is 0. The molecule has 0 bridgehead atoms. The fourth-order valence-corrected chi connectivity index (χ4v) is 6.49. The first kappa shape index (κ1) is 20.0. The molecule has 0 unspecified atom stereocenters. The predicted octanol–water partition coefficient (Wildman–Crippen LogP) is 0.405. The number of carbonyl (C=O) groups is 1. The van der Waals surface area contributed by atoms with Crippen LogP contribution in [0.5, 0.6) is 0 Å². The van der Waals surface area contributed by atoms with Crippen LogP contribution in [0.15, 0.2) is 5.16 Å². The fourth-order valence-electron chi connectivity index (χ4n) is 3.92. The number of amides is 1. The largest absolute Gasteiger partial charge is 0.378 e. The second-order valence-electron chi connectivity index (χ2n) is 7.50. The molecule has 2 aliphatic heterocycles. The first-order valence-electron chi connectivity index (χ1n) is 9.89. The topological polar surface area (TPSA) is 97.6 Å². The van der Waals surface area contributed by atoms with E-state index in [-0.39, 0.29) is 35.2 Å². The summed E-state index contributed by atoms with van der Waals surface area (Å²) in [6, 6.07) is 0.0397. The van der Waals surface area contributed by atoms with Crippen LogP contribution in [0, 0.1) is 0 Å². The van der Waals surface area contributed by atoms with Crippen molar-refractivity contribution < 1.29 is 17.9 Å². The van der Waals surface area contributed by atoms with E-state index >= 15 is 0 Å². The van der Waals surface area contributed by atoms with E-state index < -0.39 is 9.84 Å². The van der Waals surface area contributed by atoms with Gasteiger partial charge in [0.05, 0.1) is 30.5 Å². The van der Waals surface area contributed by atoms with Gasteiger partial charge in [0.15, 0.2) is 15.0 Å². The zero-order valence-electron chi connectivity index (χ0n) is 16.1. The summed E-state index contributed by atoms with van der Waals surface area (Å²) >= 11 is 1.39. The Morgan fingerprint density at radius 3 is 2.57 bits per heavy atom. The minimum Gasteiger partial charge on any atom is -0.378 e. The number of aromatic nitrogens is 3. The molecule has 0 N–H and O–H groups in total. The van der Waals surface area contributed by atoms with Crippen LogP contribution in [0.2, 0.25) is 0 Å². The molecule has 1 aliphatic carbocycles. The molecule has 4 rings (SSSR count). The van der Waals surface area contributed by atoms with Crippen LogP contribution in [0.3, 0.4) is 0 Å². The van der Waals surface area contributed by atoms with Crippen molar-refractivity contribution in [2.45, 2.75) is 50.0 Å². The number of hydrogen-bond acceptors (Lipinski definition) is 8. The maximum Gasteiger partial charge on any atom is 0.233 e. The van der Waals surface area contributed by atoms with Crippen molar-refractivity contribution in [1.29, 1.82) is 0 Å². The van der Waals surface area contributed by atoms with Crippen molar-refractivity contribution in [3.8, 4) is 0 Å². The third-order valence-corrected chi connectivity index (χ3v) is 8.16. The van der Waals surface area contributed by atoms with Gasteiger partial charge in [-0.2, -0.15) is 0 Å².